The van der Waals surface area contributed by atoms with E-state index in [4.69, 9.17) is 5.73 Å². The van der Waals surface area contributed by atoms with Crippen molar-refractivity contribution in [2.75, 3.05) is 20.1 Å². The molecule has 0 bridgehead atoms. The molecular formula is C12H22N4. The standard InChI is InChI=1S/C12H22N4/c1-15(7-11-3-2-4-11)8-12-9-16(6-5-13)10-14-12/h9-11H,2-8,13H2,1H3. The lowest BCUT2D eigenvalue weighted by molar-refractivity contribution is 0.199. The van der Waals surface area contributed by atoms with Crippen LogP contribution >= 0.6 is 0 Å². The van der Waals surface area contributed by atoms with Gasteiger partial charge in [0.05, 0.1) is 12.0 Å². The maximum Gasteiger partial charge on any atom is 0.0950 e. The van der Waals surface area contributed by atoms with Gasteiger partial charge in [-0.3, -0.25) is 0 Å². The number of nitrogens with zero attached hydrogens (tertiary/aromatic N) is 3. The van der Waals surface area contributed by atoms with Crippen molar-refractivity contribution in [3.63, 3.8) is 0 Å². The highest BCUT2D eigenvalue weighted by Gasteiger charge is 2.19. The molecule has 1 saturated carbocycles. The molecule has 0 unspecified atom stereocenters. The van der Waals surface area contributed by atoms with Crippen LogP contribution in [-0.2, 0) is 13.1 Å². The third-order valence-corrected chi connectivity index (χ3v) is 3.30. The van der Waals surface area contributed by atoms with Crippen LogP contribution in [0.2, 0.25) is 0 Å². The Labute approximate surface area is 97.4 Å². The van der Waals surface area contributed by atoms with Crippen molar-refractivity contribution in [2.45, 2.75) is 32.4 Å². The molecule has 90 valence electrons. The van der Waals surface area contributed by atoms with Gasteiger partial charge < -0.3 is 15.2 Å². The van der Waals surface area contributed by atoms with Gasteiger partial charge in [0.25, 0.3) is 0 Å². The molecule has 0 radical (unpaired) electrons. The van der Waals surface area contributed by atoms with Crippen LogP contribution in [0.5, 0.6) is 0 Å². The maximum absolute atomic E-state index is 5.50. The van der Waals surface area contributed by atoms with Gasteiger partial charge >= 0.3 is 0 Å². The van der Waals surface area contributed by atoms with Crippen molar-refractivity contribution in [1.82, 2.24) is 14.5 Å². The molecule has 4 heteroatoms. The predicted octanol–water partition coefficient (Wildman–Crippen LogP) is 1.07. The SMILES string of the molecule is CN(Cc1cn(CCN)cn1)CC1CCC1. The van der Waals surface area contributed by atoms with Gasteiger partial charge in [0.15, 0.2) is 0 Å². The number of nitrogens with two attached hydrogens (primary N) is 1. The normalized spacial score (nSPS) is 16.7. The minimum atomic E-state index is 0.674. The zero-order chi connectivity index (χ0) is 11.4. The molecule has 0 atom stereocenters. The summed E-state index contributed by atoms with van der Waals surface area (Å²) in [7, 11) is 2.18. The summed E-state index contributed by atoms with van der Waals surface area (Å²) < 4.78 is 2.06. The van der Waals surface area contributed by atoms with E-state index >= 15 is 0 Å². The molecule has 16 heavy (non-hydrogen) atoms. The number of imidazole rings is 1. The molecule has 0 spiro atoms. The van der Waals surface area contributed by atoms with Crippen LogP contribution in [0.15, 0.2) is 12.5 Å². The van der Waals surface area contributed by atoms with Crippen LogP contribution in [0.4, 0.5) is 0 Å². The lowest BCUT2D eigenvalue weighted by Crippen LogP contribution is -2.29. The Balaban J connectivity index is 1.77. The van der Waals surface area contributed by atoms with Crippen LogP contribution < -0.4 is 5.73 Å². The molecule has 1 aliphatic carbocycles. The average molecular weight is 222 g/mol. The highest BCUT2D eigenvalue weighted by molar-refractivity contribution is 4.96. The van der Waals surface area contributed by atoms with E-state index in [1.807, 2.05) is 6.33 Å². The fourth-order valence-corrected chi connectivity index (χ4v) is 2.22. The first-order chi connectivity index (χ1) is 7.78. The fourth-order valence-electron chi connectivity index (χ4n) is 2.22. The van der Waals surface area contributed by atoms with E-state index in [9.17, 15) is 0 Å². The van der Waals surface area contributed by atoms with Gasteiger partial charge in [0.2, 0.25) is 0 Å². The Bertz CT molecular complexity index is 317. The topological polar surface area (TPSA) is 47.1 Å². The molecular weight excluding hydrogens is 200 g/mol. The van der Waals surface area contributed by atoms with Gasteiger partial charge in [-0.05, 0) is 25.8 Å². The molecule has 4 nitrogen and oxygen atoms in total. The quantitative estimate of drug-likeness (QED) is 0.783. The summed E-state index contributed by atoms with van der Waals surface area (Å²) in [5.41, 5.74) is 6.65. The molecule has 0 aliphatic heterocycles. The van der Waals surface area contributed by atoms with E-state index in [2.05, 4.69) is 27.7 Å². The second kappa shape index (κ2) is 5.46. The summed E-state index contributed by atoms with van der Waals surface area (Å²) in [5.74, 6) is 0.927. The van der Waals surface area contributed by atoms with Gasteiger partial charge in [-0.25, -0.2) is 4.98 Å². The monoisotopic (exact) mass is 222 g/mol. The largest absolute Gasteiger partial charge is 0.336 e. The van der Waals surface area contributed by atoms with Gasteiger partial charge in [-0.1, -0.05) is 6.42 Å². The third kappa shape index (κ3) is 3.06. The van der Waals surface area contributed by atoms with E-state index in [-0.39, 0.29) is 0 Å². The first-order valence-electron chi connectivity index (χ1n) is 6.17. The fraction of sp³-hybridized carbons (Fsp3) is 0.750. The van der Waals surface area contributed by atoms with Crippen molar-refractivity contribution in [3.8, 4) is 0 Å². The van der Waals surface area contributed by atoms with Crippen molar-refractivity contribution in [3.05, 3.63) is 18.2 Å². The smallest absolute Gasteiger partial charge is 0.0950 e. The van der Waals surface area contributed by atoms with Crippen molar-refractivity contribution >= 4 is 0 Å². The first-order valence-corrected chi connectivity index (χ1v) is 6.17. The third-order valence-electron chi connectivity index (χ3n) is 3.30. The maximum atomic E-state index is 5.50. The molecule has 0 aromatic carbocycles. The Hall–Kier alpha value is -0.870. The van der Waals surface area contributed by atoms with Gasteiger partial charge in [0.1, 0.15) is 0 Å². The van der Waals surface area contributed by atoms with Crippen LogP contribution in [0.3, 0.4) is 0 Å². The van der Waals surface area contributed by atoms with Crippen LogP contribution in [0, 0.1) is 5.92 Å². The summed E-state index contributed by atoms with van der Waals surface area (Å²) in [6.45, 7) is 3.70. The minimum absolute atomic E-state index is 0.674. The van der Waals surface area contributed by atoms with Gasteiger partial charge in [-0.15, -0.1) is 0 Å². The molecule has 0 amide bonds. The lowest BCUT2D eigenvalue weighted by atomic mass is 9.85. The highest BCUT2D eigenvalue weighted by atomic mass is 15.1. The van der Waals surface area contributed by atoms with Crippen molar-refractivity contribution in [1.29, 1.82) is 0 Å². The summed E-state index contributed by atoms with van der Waals surface area (Å²) in [5, 5.41) is 0. The molecule has 0 saturated heterocycles. The molecule has 1 aliphatic rings. The number of aromatic nitrogens is 2. The van der Waals surface area contributed by atoms with Gasteiger partial charge in [0, 0.05) is 32.4 Å². The molecule has 1 aromatic rings. The summed E-state index contributed by atoms with van der Waals surface area (Å²) in [6, 6.07) is 0. The summed E-state index contributed by atoms with van der Waals surface area (Å²) in [6.07, 6.45) is 8.21. The lowest BCUT2D eigenvalue weighted by Gasteiger charge is -2.29. The van der Waals surface area contributed by atoms with Crippen LogP contribution in [0.1, 0.15) is 25.0 Å². The van der Waals surface area contributed by atoms with E-state index in [1.165, 1.54) is 25.8 Å². The Morgan fingerprint density at radius 1 is 1.56 bits per heavy atom. The van der Waals surface area contributed by atoms with Crippen molar-refractivity contribution < 1.29 is 0 Å². The van der Waals surface area contributed by atoms with Crippen LogP contribution in [-0.4, -0.2) is 34.6 Å². The highest BCUT2D eigenvalue weighted by Crippen LogP contribution is 2.26. The van der Waals surface area contributed by atoms with Crippen molar-refractivity contribution in [2.24, 2.45) is 11.7 Å². The van der Waals surface area contributed by atoms with E-state index < -0.39 is 0 Å². The first kappa shape index (κ1) is 11.6. The molecule has 1 heterocycles. The second-order valence-corrected chi connectivity index (χ2v) is 4.89. The molecule has 2 N–H and O–H groups in total. The van der Waals surface area contributed by atoms with E-state index in [1.54, 1.807) is 0 Å². The van der Waals surface area contributed by atoms with Crippen LogP contribution in [0.25, 0.3) is 0 Å². The molecule has 1 aromatic heterocycles. The number of hydrogen-bond acceptors (Lipinski definition) is 3. The Kier molecular flexibility index (Phi) is 3.96. The Morgan fingerprint density at radius 2 is 2.38 bits per heavy atom. The average Bonchev–Trinajstić information content (AvgIpc) is 2.60. The number of hydrogen-bond donors (Lipinski definition) is 1. The van der Waals surface area contributed by atoms with E-state index in [0.717, 1.165) is 24.7 Å². The minimum Gasteiger partial charge on any atom is -0.336 e. The molecule has 2 rings (SSSR count). The summed E-state index contributed by atoms with van der Waals surface area (Å²) in [4.78, 5) is 6.77. The predicted molar refractivity (Wildman–Crippen MR) is 65.0 cm³/mol. The Morgan fingerprint density at radius 3 is 3.00 bits per heavy atom. The number of rotatable bonds is 6. The van der Waals surface area contributed by atoms with Gasteiger partial charge in [-0.2, -0.15) is 0 Å². The zero-order valence-electron chi connectivity index (χ0n) is 10.1. The summed E-state index contributed by atoms with van der Waals surface area (Å²) >= 11 is 0. The second-order valence-electron chi connectivity index (χ2n) is 4.89. The van der Waals surface area contributed by atoms with E-state index in [0.29, 0.717) is 6.54 Å². The zero-order valence-corrected chi connectivity index (χ0v) is 10.1. The molecule has 1 fully saturated rings.